The van der Waals surface area contributed by atoms with Gasteiger partial charge in [0.15, 0.2) is 0 Å². The summed E-state index contributed by atoms with van der Waals surface area (Å²) in [5.41, 5.74) is 3.73. The molecule has 1 saturated carbocycles. The van der Waals surface area contributed by atoms with Gasteiger partial charge in [-0.2, -0.15) is 0 Å². The Bertz CT molecular complexity index is 1330. The summed E-state index contributed by atoms with van der Waals surface area (Å²) in [4.78, 5) is 33.3. The first kappa shape index (κ1) is 23.6. The lowest BCUT2D eigenvalue weighted by molar-refractivity contribution is -0.132. The molecule has 2 N–H and O–H groups in total. The van der Waals surface area contributed by atoms with Crippen LogP contribution >= 0.6 is 0 Å². The van der Waals surface area contributed by atoms with E-state index in [0.717, 1.165) is 34.9 Å². The van der Waals surface area contributed by atoms with Crippen LogP contribution in [0.4, 0.5) is 14.9 Å². The van der Waals surface area contributed by atoms with Crippen LogP contribution in [0.1, 0.15) is 24.0 Å². The molecule has 6 nitrogen and oxygen atoms in total. The zero-order chi connectivity index (χ0) is 24.9. The number of fused-ring (bicyclic) bond motifs is 1. The molecule has 1 aliphatic rings. The Labute approximate surface area is 209 Å². The average molecular weight is 485 g/mol. The number of H-pyrrole nitrogens is 1. The summed E-state index contributed by atoms with van der Waals surface area (Å²) in [7, 11) is 0. The molecular formula is C29H29FN4O2. The Morgan fingerprint density at radius 3 is 2.42 bits per heavy atom. The van der Waals surface area contributed by atoms with E-state index in [-0.39, 0.29) is 30.3 Å². The number of hydrogen-bond donors (Lipinski definition) is 2. The number of aromatic nitrogens is 1. The molecule has 4 aromatic rings. The van der Waals surface area contributed by atoms with Crippen LogP contribution in [0.3, 0.4) is 0 Å². The summed E-state index contributed by atoms with van der Waals surface area (Å²) < 4.78 is 13.5. The minimum Gasteiger partial charge on any atom is -0.361 e. The second-order valence-electron chi connectivity index (χ2n) is 9.21. The van der Waals surface area contributed by atoms with E-state index >= 15 is 0 Å². The standard InChI is InChI=1S/C29H29FN4O2/c30-23-12-10-21(11-13-23)19-33(17-16-22-18-31-27-9-5-4-8-26(22)27)28(35)20-34(25-14-15-25)29(36)32-24-6-2-1-3-7-24/h1-13,18,25,31H,14-17,19-20H2,(H,32,36). The largest absolute Gasteiger partial charge is 0.361 e. The first-order valence-electron chi connectivity index (χ1n) is 12.3. The molecule has 1 fully saturated rings. The van der Waals surface area contributed by atoms with Gasteiger partial charge in [-0.25, -0.2) is 9.18 Å². The van der Waals surface area contributed by atoms with Crippen LogP contribution < -0.4 is 5.32 Å². The number of nitrogens with one attached hydrogen (secondary N) is 2. The van der Waals surface area contributed by atoms with Gasteiger partial charge in [-0.15, -0.1) is 0 Å². The van der Waals surface area contributed by atoms with E-state index < -0.39 is 0 Å². The van der Waals surface area contributed by atoms with Gasteiger partial charge in [0, 0.05) is 41.9 Å². The molecule has 0 aliphatic heterocycles. The summed E-state index contributed by atoms with van der Waals surface area (Å²) in [6.07, 6.45) is 4.43. The Kier molecular flexibility index (Phi) is 6.98. The van der Waals surface area contributed by atoms with E-state index in [0.29, 0.717) is 25.2 Å². The van der Waals surface area contributed by atoms with E-state index in [4.69, 9.17) is 0 Å². The van der Waals surface area contributed by atoms with Gasteiger partial charge in [-0.05, 0) is 60.7 Å². The maximum absolute atomic E-state index is 13.6. The number of halogens is 1. The normalized spacial score (nSPS) is 12.9. The summed E-state index contributed by atoms with van der Waals surface area (Å²) >= 11 is 0. The third-order valence-electron chi connectivity index (χ3n) is 6.54. The maximum atomic E-state index is 13.6. The molecule has 3 amide bonds. The monoisotopic (exact) mass is 484 g/mol. The van der Waals surface area contributed by atoms with Crippen molar-refractivity contribution in [1.29, 1.82) is 0 Å². The Morgan fingerprint density at radius 1 is 0.944 bits per heavy atom. The third kappa shape index (κ3) is 5.74. The third-order valence-corrected chi connectivity index (χ3v) is 6.54. The van der Waals surface area contributed by atoms with Crippen LogP contribution in [0.25, 0.3) is 10.9 Å². The zero-order valence-electron chi connectivity index (χ0n) is 20.0. The molecule has 0 spiro atoms. The van der Waals surface area contributed by atoms with Gasteiger partial charge >= 0.3 is 6.03 Å². The Morgan fingerprint density at radius 2 is 1.67 bits per heavy atom. The molecule has 5 rings (SSSR count). The van der Waals surface area contributed by atoms with Crippen LogP contribution in [0.15, 0.2) is 85.1 Å². The number of urea groups is 1. The molecular weight excluding hydrogens is 455 g/mol. The number of para-hydroxylation sites is 2. The van der Waals surface area contributed by atoms with Crippen LogP contribution in [-0.4, -0.2) is 45.9 Å². The summed E-state index contributed by atoms with van der Waals surface area (Å²) in [5.74, 6) is -0.442. The Hall–Kier alpha value is -4.13. The summed E-state index contributed by atoms with van der Waals surface area (Å²) in [5, 5.41) is 4.04. The molecule has 0 radical (unpaired) electrons. The number of nitrogens with zero attached hydrogens (tertiary/aromatic N) is 2. The van der Waals surface area contributed by atoms with Crippen LogP contribution in [-0.2, 0) is 17.8 Å². The lowest BCUT2D eigenvalue weighted by Crippen LogP contribution is -2.45. The van der Waals surface area contributed by atoms with Gasteiger partial charge in [0.05, 0.1) is 0 Å². The number of carbonyl (C=O) groups is 2. The Balaban J connectivity index is 1.31. The van der Waals surface area contributed by atoms with Crippen molar-refractivity contribution in [2.45, 2.75) is 31.8 Å². The minimum atomic E-state index is -0.312. The van der Waals surface area contributed by atoms with Crippen molar-refractivity contribution in [3.8, 4) is 0 Å². The number of hydrogen-bond acceptors (Lipinski definition) is 2. The van der Waals surface area contributed by atoms with Gasteiger partial charge in [0.1, 0.15) is 12.4 Å². The van der Waals surface area contributed by atoms with Gasteiger partial charge in [0.2, 0.25) is 5.91 Å². The molecule has 184 valence electrons. The number of aromatic amines is 1. The second-order valence-corrected chi connectivity index (χ2v) is 9.21. The van der Waals surface area contributed by atoms with E-state index in [2.05, 4.69) is 16.4 Å². The molecule has 0 unspecified atom stereocenters. The van der Waals surface area contributed by atoms with Crippen molar-refractivity contribution >= 4 is 28.5 Å². The molecule has 0 saturated heterocycles. The first-order valence-corrected chi connectivity index (χ1v) is 12.3. The van der Waals surface area contributed by atoms with Gasteiger partial charge in [-0.3, -0.25) is 4.79 Å². The molecule has 36 heavy (non-hydrogen) atoms. The predicted octanol–water partition coefficient (Wildman–Crippen LogP) is 5.57. The second kappa shape index (κ2) is 10.6. The highest BCUT2D eigenvalue weighted by atomic mass is 19.1. The van der Waals surface area contributed by atoms with E-state index in [1.165, 1.54) is 12.1 Å². The highest BCUT2D eigenvalue weighted by Crippen LogP contribution is 2.28. The summed E-state index contributed by atoms with van der Waals surface area (Å²) in [6, 6.07) is 23.3. The average Bonchev–Trinajstić information content (AvgIpc) is 3.66. The predicted molar refractivity (Wildman–Crippen MR) is 139 cm³/mol. The highest BCUT2D eigenvalue weighted by molar-refractivity contribution is 5.93. The molecule has 7 heteroatoms. The lowest BCUT2D eigenvalue weighted by Gasteiger charge is -2.28. The smallest absolute Gasteiger partial charge is 0.322 e. The zero-order valence-corrected chi connectivity index (χ0v) is 20.0. The minimum absolute atomic E-state index is 0.00157. The first-order chi connectivity index (χ1) is 17.6. The van der Waals surface area contributed by atoms with Crippen molar-refractivity contribution in [3.05, 3.63) is 102 Å². The van der Waals surface area contributed by atoms with Crippen molar-refractivity contribution in [2.75, 3.05) is 18.4 Å². The molecule has 1 heterocycles. The van der Waals surface area contributed by atoms with Gasteiger partial charge in [0.25, 0.3) is 0 Å². The number of carbonyl (C=O) groups excluding carboxylic acids is 2. The number of benzene rings is 3. The van der Waals surface area contributed by atoms with Crippen LogP contribution in [0.5, 0.6) is 0 Å². The van der Waals surface area contributed by atoms with Crippen molar-refractivity contribution in [2.24, 2.45) is 0 Å². The molecule has 1 aliphatic carbocycles. The van der Waals surface area contributed by atoms with Gasteiger partial charge < -0.3 is 20.1 Å². The van der Waals surface area contributed by atoms with Crippen molar-refractivity contribution < 1.29 is 14.0 Å². The quantitative estimate of drug-likeness (QED) is 0.326. The maximum Gasteiger partial charge on any atom is 0.322 e. The highest BCUT2D eigenvalue weighted by Gasteiger charge is 2.35. The van der Waals surface area contributed by atoms with Crippen molar-refractivity contribution in [3.63, 3.8) is 0 Å². The fourth-order valence-electron chi connectivity index (χ4n) is 4.41. The molecule has 1 aromatic heterocycles. The molecule has 0 atom stereocenters. The van der Waals surface area contributed by atoms with Crippen LogP contribution in [0, 0.1) is 5.82 Å². The lowest BCUT2D eigenvalue weighted by atomic mass is 10.1. The van der Waals surface area contributed by atoms with Gasteiger partial charge in [-0.1, -0.05) is 48.5 Å². The summed E-state index contributed by atoms with van der Waals surface area (Å²) in [6.45, 7) is 0.829. The SMILES string of the molecule is O=C(CN(C(=O)Nc1ccccc1)C1CC1)N(CCc1c[nH]c2ccccc12)Cc1ccc(F)cc1. The number of amides is 3. The van der Waals surface area contributed by atoms with Crippen LogP contribution in [0.2, 0.25) is 0 Å². The van der Waals surface area contributed by atoms with E-state index in [1.54, 1.807) is 21.9 Å². The van der Waals surface area contributed by atoms with E-state index in [1.807, 2.05) is 54.7 Å². The molecule has 3 aromatic carbocycles. The topological polar surface area (TPSA) is 68.4 Å². The van der Waals surface area contributed by atoms with Crippen molar-refractivity contribution in [1.82, 2.24) is 14.8 Å². The number of rotatable bonds is 9. The molecule has 0 bridgehead atoms. The number of anilines is 1. The van der Waals surface area contributed by atoms with E-state index in [9.17, 15) is 14.0 Å². The fourth-order valence-corrected chi connectivity index (χ4v) is 4.41. The fraction of sp³-hybridized carbons (Fsp3) is 0.241.